The first-order chi connectivity index (χ1) is 7.90. The summed E-state index contributed by atoms with van der Waals surface area (Å²) in [6.45, 7) is 5.68. The zero-order valence-corrected chi connectivity index (χ0v) is 9.91. The molecule has 1 aromatic heterocycles. The van der Waals surface area contributed by atoms with Gasteiger partial charge in [0, 0.05) is 11.8 Å². The van der Waals surface area contributed by atoms with Crippen molar-refractivity contribution in [2.24, 2.45) is 0 Å². The van der Waals surface area contributed by atoms with E-state index < -0.39 is 0 Å². The van der Waals surface area contributed by atoms with Gasteiger partial charge in [0.15, 0.2) is 12.7 Å². The average Bonchev–Trinajstić information content (AvgIpc) is 2.78. The normalized spacial score (nSPS) is 10.0. The summed E-state index contributed by atoms with van der Waals surface area (Å²) in [6.07, 6.45) is 3.99. The highest BCUT2D eigenvalue weighted by Crippen LogP contribution is 2.05. The van der Waals surface area contributed by atoms with Crippen molar-refractivity contribution in [1.29, 1.82) is 0 Å². The lowest BCUT2D eigenvalue weighted by Gasteiger charge is -2.02. The highest BCUT2D eigenvalue weighted by Gasteiger charge is 2.07. The SMILES string of the molecule is C=Cc1scc[n+]1CCNc1ccccc1. The van der Waals surface area contributed by atoms with Crippen molar-refractivity contribution < 1.29 is 4.57 Å². The van der Waals surface area contributed by atoms with Crippen molar-refractivity contribution in [3.05, 3.63) is 53.5 Å². The molecule has 0 atom stereocenters. The highest BCUT2D eigenvalue weighted by molar-refractivity contribution is 7.10. The Bertz CT molecular complexity index is 448. The highest BCUT2D eigenvalue weighted by atomic mass is 32.1. The first-order valence-electron chi connectivity index (χ1n) is 5.28. The van der Waals surface area contributed by atoms with Crippen LogP contribution in [0, 0.1) is 0 Å². The Balaban J connectivity index is 1.87. The van der Waals surface area contributed by atoms with Crippen LogP contribution in [0.25, 0.3) is 6.08 Å². The van der Waals surface area contributed by atoms with Crippen LogP contribution in [0.4, 0.5) is 5.69 Å². The maximum Gasteiger partial charge on any atom is 0.261 e. The molecule has 0 spiro atoms. The second-order valence-electron chi connectivity index (χ2n) is 3.43. The van der Waals surface area contributed by atoms with E-state index in [0.717, 1.165) is 13.1 Å². The molecule has 0 saturated carbocycles. The number of thiazole rings is 1. The van der Waals surface area contributed by atoms with Gasteiger partial charge in [-0.3, -0.25) is 0 Å². The number of nitrogens with one attached hydrogen (secondary N) is 1. The number of hydrogen-bond donors (Lipinski definition) is 1. The van der Waals surface area contributed by atoms with Crippen LogP contribution < -0.4 is 9.88 Å². The molecule has 2 aromatic rings. The molecule has 0 saturated heterocycles. The van der Waals surface area contributed by atoms with E-state index in [1.165, 1.54) is 10.7 Å². The van der Waals surface area contributed by atoms with Crippen LogP contribution in [0.2, 0.25) is 0 Å². The monoisotopic (exact) mass is 231 g/mol. The molecule has 2 nitrogen and oxygen atoms in total. The number of nitrogens with zero attached hydrogens (tertiary/aromatic N) is 1. The topological polar surface area (TPSA) is 15.9 Å². The summed E-state index contributed by atoms with van der Waals surface area (Å²) in [5.74, 6) is 0. The molecule has 0 radical (unpaired) electrons. The van der Waals surface area contributed by atoms with Crippen LogP contribution in [0.15, 0.2) is 48.5 Å². The van der Waals surface area contributed by atoms with E-state index >= 15 is 0 Å². The van der Waals surface area contributed by atoms with Gasteiger partial charge in [0.2, 0.25) is 0 Å². The van der Waals surface area contributed by atoms with Crippen molar-refractivity contribution in [3.8, 4) is 0 Å². The number of benzene rings is 1. The summed E-state index contributed by atoms with van der Waals surface area (Å²) in [5.41, 5.74) is 1.17. The van der Waals surface area contributed by atoms with E-state index in [4.69, 9.17) is 0 Å². The van der Waals surface area contributed by atoms with Gasteiger partial charge in [-0.2, -0.15) is 4.57 Å². The van der Waals surface area contributed by atoms with Gasteiger partial charge in [0.1, 0.15) is 0 Å². The van der Waals surface area contributed by atoms with Crippen molar-refractivity contribution in [2.45, 2.75) is 6.54 Å². The molecule has 3 heteroatoms. The molecule has 16 heavy (non-hydrogen) atoms. The molecular weight excluding hydrogens is 216 g/mol. The van der Waals surface area contributed by atoms with Crippen molar-refractivity contribution in [2.75, 3.05) is 11.9 Å². The Morgan fingerprint density at radius 2 is 2.12 bits per heavy atom. The minimum absolute atomic E-state index is 0.923. The zero-order valence-electron chi connectivity index (χ0n) is 9.10. The minimum Gasteiger partial charge on any atom is -0.379 e. The second kappa shape index (κ2) is 5.47. The summed E-state index contributed by atoms with van der Waals surface area (Å²) in [7, 11) is 0. The van der Waals surface area contributed by atoms with Crippen LogP contribution >= 0.6 is 11.3 Å². The van der Waals surface area contributed by atoms with Gasteiger partial charge >= 0.3 is 0 Å². The molecule has 0 aliphatic carbocycles. The molecule has 0 aliphatic rings. The summed E-state index contributed by atoms with van der Waals surface area (Å²) in [6, 6.07) is 10.2. The molecule has 0 bridgehead atoms. The Morgan fingerprint density at radius 3 is 2.88 bits per heavy atom. The number of hydrogen-bond acceptors (Lipinski definition) is 2. The fourth-order valence-corrected chi connectivity index (χ4v) is 2.27. The first-order valence-corrected chi connectivity index (χ1v) is 6.16. The van der Waals surface area contributed by atoms with Crippen molar-refractivity contribution in [3.63, 3.8) is 0 Å². The maximum atomic E-state index is 3.80. The third-order valence-corrected chi connectivity index (χ3v) is 3.24. The van der Waals surface area contributed by atoms with E-state index in [-0.39, 0.29) is 0 Å². The Kier molecular flexibility index (Phi) is 3.72. The van der Waals surface area contributed by atoms with Crippen LogP contribution in [0.5, 0.6) is 0 Å². The standard InChI is InChI=1S/C13H15N2S/c1-2-13-15(10-11-16-13)9-8-14-12-6-4-3-5-7-12/h2-7,10-11,14H,1,8-9H2/q+1. The van der Waals surface area contributed by atoms with Crippen molar-refractivity contribution >= 4 is 23.1 Å². The fraction of sp³-hybridized carbons (Fsp3) is 0.154. The van der Waals surface area contributed by atoms with E-state index in [2.05, 4.69) is 40.2 Å². The molecule has 0 unspecified atom stereocenters. The largest absolute Gasteiger partial charge is 0.379 e. The predicted molar refractivity (Wildman–Crippen MR) is 69.5 cm³/mol. The summed E-state index contributed by atoms with van der Waals surface area (Å²) in [4.78, 5) is 0. The van der Waals surface area contributed by atoms with Gasteiger partial charge in [-0.15, -0.1) is 0 Å². The molecular formula is C13H15N2S+. The smallest absolute Gasteiger partial charge is 0.261 e. The van der Waals surface area contributed by atoms with Gasteiger partial charge in [-0.25, -0.2) is 0 Å². The maximum absolute atomic E-state index is 3.80. The Hall–Kier alpha value is -1.61. The molecule has 0 aliphatic heterocycles. The van der Waals surface area contributed by atoms with E-state index in [9.17, 15) is 0 Å². The number of aromatic nitrogens is 1. The minimum atomic E-state index is 0.923. The summed E-state index contributed by atoms with van der Waals surface area (Å²) in [5, 5.41) is 6.67. The average molecular weight is 231 g/mol. The number of rotatable bonds is 5. The molecule has 1 N–H and O–H groups in total. The summed E-state index contributed by atoms with van der Waals surface area (Å²) >= 11 is 1.71. The molecule has 1 aromatic carbocycles. The van der Waals surface area contributed by atoms with Gasteiger partial charge in [-0.1, -0.05) is 36.1 Å². The van der Waals surface area contributed by atoms with Crippen molar-refractivity contribution in [1.82, 2.24) is 0 Å². The van der Waals surface area contributed by atoms with Gasteiger partial charge < -0.3 is 5.32 Å². The Labute approximate surface area is 99.9 Å². The first kappa shape index (κ1) is 10.9. The van der Waals surface area contributed by atoms with E-state index in [1.54, 1.807) is 11.3 Å². The van der Waals surface area contributed by atoms with Crippen LogP contribution in [0.1, 0.15) is 5.01 Å². The lowest BCUT2D eigenvalue weighted by atomic mass is 10.3. The number of para-hydroxylation sites is 1. The molecule has 2 rings (SSSR count). The van der Waals surface area contributed by atoms with Gasteiger partial charge in [-0.05, 0) is 12.1 Å². The van der Waals surface area contributed by atoms with Crippen LogP contribution in [0.3, 0.4) is 0 Å². The lowest BCUT2D eigenvalue weighted by Crippen LogP contribution is -2.37. The lowest BCUT2D eigenvalue weighted by molar-refractivity contribution is -0.690. The predicted octanol–water partition coefficient (Wildman–Crippen LogP) is 2.79. The molecule has 0 amide bonds. The number of anilines is 1. The van der Waals surface area contributed by atoms with Crippen LogP contribution in [-0.2, 0) is 6.54 Å². The Morgan fingerprint density at radius 1 is 1.31 bits per heavy atom. The fourth-order valence-electron chi connectivity index (χ4n) is 1.54. The quantitative estimate of drug-likeness (QED) is 0.782. The molecule has 82 valence electrons. The van der Waals surface area contributed by atoms with E-state index in [0.29, 0.717) is 0 Å². The van der Waals surface area contributed by atoms with Gasteiger partial charge in [0.05, 0.1) is 11.9 Å². The third kappa shape index (κ3) is 2.70. The second-order valence-corrected chi connectivity index (χ2v) is 4.36. The van der Waals surface area contributed by atoms with Gasteiger partial charge in [0.25, 0.3) is 5.01 Å². The third-order valence-electron chi connectivity index (χ3n) is 2.34. The molecule has 0 fully saturated rings. The van der Waals surface area contributed by atoms with Crippen LogP contribution in [-0.4, -0.2) is 6.54 Å². The zero-order chi connectivity index (χ0) is 11.2. The van der Waals surface area contributed by atoms with E-state index in [1.807, 2.05) is 24.3 Å². The summed E-state index contributed by atoms with van der Waals surface area (Å²) < 4.78 is 2.20. The molecule has 1 heterocycles.